The van der Waals surface area contributed by atoms with Crippen LogP contribution in [0.3, 0.4) is 0 Å². The zero-order valence-corrected chi connectivity index (χ0v) is 22.6. The molecule has 0 saturated carbocycles. The molecule has 2 aliphatic heterocycles. The molecule has 2 saturated heterocycles. The molecule has 3 aromatic rings. The van der Waals surface area contributed by atoms with Crippen molar-refractivity contribution >= 4 is 16.5 Å². The molecule has 6 rings (SSSR count). The van der Waals surface area contributed by atoms with Crippen molar-refractivity contribution in [1.82, 2.24) is 14.5 Å². The zero-order chi connectivity index (χ0) is 26.2. The predicted octanol–water partition coefficient (Wildman–Crippen LogP) is 5.58. The highest BCUT2D eigenvalue weighted by atomic mass is 16.7. The van der Waals surface area contributed by atoms with E-state index in [1.165, 1.54) is 6.42 Å². The number of likely N-dealkylation sites (tertiary alicyclic amines) is 1. The van der Waals surface area contributed by atoms with E-state index in [-0.39, 0.29) is 17.8 Å². The average molecular weight is 512 g/mol. The molecular formula is C32H37N3O3. The molecule has 1 aromatic heterocycles. The molecule has 3 heterocycles. The van der Waals surface area contributed by atoms with Gasteiger partial charge >= 0.3 is 0 Å². The maximum absolute atomic E-state index is 14.2. The van der Waals surface area contributed by atoms with Crippen molar-refractivity contribution in [2.24, 2.45) is 5.92 Å². The molecule has 4 unspecified atom stereocenters. The van der Waals surface area contributed by atoms with E-state index in [9.17, 15) is 4.79 Å². The minimum absolute atomic E-state index is 0.0275. The van der Waals surface area contributed by atoms with Crippen LogP contribution in [0.25, 0.3) is 27.9 Å². The van der Waals surface area contributed by atoms with E-state index in [0.717, 1.165) is 59.5 Å². The molecule has 6 heteroatoms. The molecule has 4 atom stereocenters. The van der Waals surface area contributed by atoms with Crippen LogP contribution in [0.15, 0.2) is 65.5 Å². The second-order valence-electron chi connectivity index (χ2n) is 11.0. The molecule has 2 fully saturated rings. The maximum Gasteiger partial charge on any atom is 0.261 e. The fraction of sp³-hybridized carbons (Fsp3) is 0.438. The lowest BCUT2D eigenvalue weighted by Crippen LogP contribution is -2.43. The van der Waals surface area contributed by atoms with Crippen molar-refractivity contribution in [3.63, 3.8) is 0 Å². The Morgan fingerprint density at radius 1 is 1.13 bits per heavy atom. The summed E-state index contributed by atoms with van der Waals surface area (Å²) in [7, 11) is 0. The lowest BCUT2D eigenvalue weighted by atomic mass is 9.95. The molecule has 0 amide bonds. The lowest BCUT2D eigenvalue weighted by Gasteiger charge is -2.37. The van der Waals surface area contributed by atoms with Gasteiger partial charge in [0, 0.05) is 24.7 Å². The Morgan fingerprint density at radius 2 is 1.97 bits per heavy atom. The van der Waals surface area contributed by atoms with E-state index in [4.69, 9.17) is 14.5 Å². The highest BCUT2D eigenvalue weighted by Gasteiger charge is 2.29. The molecular weight excluding hydrogens is 474 g/mol. The number of allylic oxidation sites excluding steroid dienone is 2. The highest BCUT2D eigenvalue weighted by molar-refractivity contribution is 5.86. The summed E-state index contributed by atoms with van der Waals surface area (Å²) in [6, 6.07) is 14.8. The van der Waals surface area contributed by atoms with E-state index in [1.807, 2.05) is 34.9 Å². The Kier molecular flexibility index (Phi) is 7.04. The van der Waals surface area contributed by atoms with Gasteiger partial charge in [0.1, 0.15) is 24.8 Å². The van der Waals surface area contributed by atoms with Crippen LogP contribution in [0.5, 0.6) is 0 Å². The summed E-state index contributed by atoms with van der Waals surface area (Å²) in [5, 5.41) is 0.662. The van der Waals surface area contributed by atoms with Crippen LogP contribution in [-0.4, -0.2) is 52.6 Å². The van der Waals surface area contributed by atoms with E-state index in [2.05, 4.69) is 56.0 Å². The summed E-state index contributed by atoms with van der Waals surface area (Å²) >= 11 is 0. The van der Waals surface area contributed by atoms with Crippen LogP contribution in [0.2, 0.25) is 0 Å². The fourth-order valence-corrected chi connectivity index (χ4v) is 6.08. The zero-order valence-electron chi connectivity index (χ0n) is 22.6. The van der Waals surface area contributed by atoms with Crippen LogP contribution in [0, 0.1) is 12.8 Å². The molecule has 0 bridgehead atoms. The van der Waals surface area contributed by atoms with Gasteiger partial charge in [-0.1, -0.05) is 49.4 Å². The van der Waals surface area contributed by atoms with Gasteiger partial charge in [0.25, 0.3) is 5.56 Å². The highest BCUT2D eigenvalue weighted by Crippen LogP contribution is 2.30. The lowest BCUT2D eigenvalue weighted by molar-refractivity contribution is 0.0504. The molecule has 0 N–H and O–H groups in total. The van der Waals surface area contributed by atoms with Crippen molar-refractivity contribution in [2.75, 3.05) is 19.9 Å². The number of hydrogen-bond donors (Lipinski definition) is 0. The summed E-state index contributed by atoms with van der Waals surface area (Å²) in [4.78, 5) is 21.9. The first-order valence-electron chi connectivity index (χ1n) is 14.0. The number of hydrogen-bond acceptors (Lipinski definition) is 5. The molecule has 3 aliphatic rings. The van der Waals surface area contributed by atoms with Gasteiger partial charge in [-0.25, -0.2) is 4.98 Å². The van der Waals surface area contributed by atoms with Crippen molar-refractivity contribution in [2.45, 2.75) is 64.8 Å². The van der Waals surface area contributed by atoms with Crippen LogP contribution in [-0.2, 0) is 16.0 Å². The third kappa shape index (κ3) is 4.77. The number of aromatic nitrogens is 2. The third-order valence-electron chi connectivity index (χ3n) is 8.53. The Morgan fingerprint density at radius 3 is 2.82 bits per heavy atom. The summed E-state index contributed by atoms with van der Waals surface area (Å²) in [5.74, 6) is 1.19. The second-order valence-corrected chi connectivity index (χ2v) is 11.0. The molecule has 38 heavy (non-hydrogen) atoms. The first-order chi connectivity index (χ1) is 18.5. The fourth-order valence-electron chi connectivity index (χ4n) is 6.08. The van der Waals surface area contributed by atoms with Gasteiger partial charge in [-0.3, -0.25) is 9.36 Å². The standard InChI is InChI=1S/C32H37N3O3/c1-4-22(3)34-15-7-9-23(18-34)19-35-31(26-10-6-5-8-21(26)2)33-28-13-11-24(16-27(28)32(35)36)25-12-14-29-30(17-25)38-20-37-29/h5-6,8,10-14,16-17,22-23,29-30H,4,7,9,15,18-20H2,1-3H3. The number of aryl methyl sites for hydroxylation is 1. The van der Waals surface area contributed by atoms with Crippen molar-refractivity contribution in [1.29, 1.82) is 0 Å². The number of rotatable bonds is 6. The number of fused-ring (bicyclic) bond motifs is 2. The normalized spacial score (nSPS) is 24.4. The topological polar surface area (TPSA) is 56.6 Å². The van der Waals surface area contributed by atoms with Gasteiger partial charge in [0.2, 0.25) is 0 Å². The van der Waals surface area contributed by atoms with Crippen molar-refractivity contribution in [3.05, 3.63) is 82.2 Å². The summed E-state index contributed by atoms with van der Waals surface area (Å²) in [5.41, 5.74) is 4.96. The van der Waals surface area contributed by atoms with Crippen LogP contribution in [0.4, 0.5) is 0 Å². The largest absolute Gasteiger partial charge is 0.345 e. The predicted molar refractivity (Wildman–Crippen MR) is 152 cm³/mol. The number of benzene rings is 2. The molecule has 198 valence electrons. The van der Waals surface area contributed by atoms with Gasteiger partial charge in [-0.05, 0) is 80.5 Å². The quantitative estimate of drug-likeness (QED) is 0.433. The summed E-state index contributed by atoms with van der Waals surface area (Å²) in [6.07, 6.45) is 9.54. The van der Waals surface area contributed by atoms with Gasteiger partial charge in [-0.15, -0.1) is 0 Å². The smallest absolute Gasteiger partial charge is 0.261 e. The van der Waals surface area contributed by atoms with Crippen LogP contribution >= 0.6 is 0 Å². The Bertz CT molecular complexity index is 1460. The van der Waals surface area contributed by atoms with E-state index in [1.54, 1.807) is 0 Å². The monoisotopic (exact) mass is 511 g/mol. The molecule has 0 spiro atoms. The van der Waals surface area contributed by atoms with Gasteiger partial charge < -0.3 is 14.4 Å². The molecule has 6 nitrogen and oxygen atoms in total. The molecule has 2 aromatic carbocycles. The molecule has 1 aliphatic carbocycles. The average Bonchev–Trinajstić information content (AvgIpc) is 3.42. The van der Waals surface area contributed by atoms with Crippen molar-refractivity contribution in [3.8, 4) is 11.4 Å². The number of nitrogens with zero attached hydrogens (tertiary/aromatic N) is 3. The summed E-state index contributed by atoms with van der Waals surface area (Å²) in [6.45, 7) is 9.81. The van der Waals surface area contributed by atoms with E-state index >= 15 is 0 Å². The first-order valence-corrected chi connectivity index (χ1v) is 14.0. The third-order valence-corrected chi connectivity index (χ3v) is 8.53. The summed E-state index contributed by atoms with van der Waals surface area (Å²) < 4.78 is 13.2. The SMILES string of the molecule is CCC(C)N1CCCC(Cn2c(-c3ccccc3C)nc3ccc(C4=CC5OCOC5C=C4)cc3c2=O)C1. The van der Waals surface area contributed by atoms with E-state index in [0.29, 0.717) is 30.7 Å². The van der Waals surface area contributed by atoms with Crippen molar-refractivity contribution < 1.29 is 9.47 Å². The Hall–Kier alpha value is -3.06. The van der Waals surface area contributed by atoms with Gasteiger partial charge in [0.15, 0.2) is 0 Å². The van der Waals surface area contributed by atoms with E-state index < -0.39 is 0 Å². The van der Waals surface area contributed by atoms with Gasteiger partial charge in [0.05, 0.1) is 10.9 Å². The van der Waals surface area contributed by atoms with Gasteiger partial charge in [-0.2, -0.15) is 0 Å². The number of piperidine rings is 1. The minimum atomic E-state index is -0.0799. The molecule has 0 radical (unpaired) electrons. The van der Waals surface area contributed by atoms with Crippen LogP contribution < -0.4 is 5.56 Å². The first kappa shape index (κ1) is 25.2. The minimum Gasteiger partial charge on any atom is -0.345 e. The second kappa shape index (κ2) is 10.6. The Labute approximate surface area is 224 Å². The van der Waals surface area contributed by atoms with Crippen LogP contribution in [0.1, 0.15) is 44.2 Å². The number of ether oxygens (including phenoxy) is 2. The maximum atomic E-state index is 14.2. The Balaban J connectivity index is 1.43.